The Labute approximate surface area is 179 Å². The molecule has 31 heavy (non-hydrogen) atoms. The highest BCUT2D eigenvalue weighted by molar-refractivity contribution is 5.92. The van der Waals surface area contributed by atoms with Gasteiger partial charge in [0.15, 0.2) is 0 Å². The van der Waals surface area contributed by atoms with Gasteiger partial charge in [-0.1, -0.05) is 18.2 Å². The Morgan fingerprint density at radius 1 is 0.968 bits per heavy atom. The molecule has 0 aliphatic carbocycles. The first-order valence-corrected chi connectivity index (χ1v) is 10.2. The average molecular weight is 418 g/mol. The molecule has 4 rings (SSSR count). The normalized spacial score (nSPS) is 11.0. The first-order chi connectivity index (χ1) is 15.2. The van der Waals surface area contributed by atoms with Crippen LogP contribution in [0.1, 0.15) is 27.7 Å². The Morgan fingerprint density at radius 3 is 2.71 bits per heavy atom. The van der Waals surface area contributed by atoms with E-state index in [0.717, 1.165) is 42.1 Å². The van der Waals surface area contributed by atoms with E-state index in [9.17, 15) is 9.18 Å². The maximum atomic E-state index is 13.6. The standard InChI is InChI=1S/C23H23FN6O/c24-17-6-4-12-26-21(17)15-27-23(31)20-9-3-5-16(28-20)10-13-25-14-11-22-29-18-7-1-2-8-19(18)30-22/h1-9,12,25H,10-11,13-15H2,(H,27,31)(H,29,30). The predicted octanol–water partition coefficient (Wildman–Crippen LogP) is 2.80. The molecule has 0 unspecified atom stereocenters. The Hall–Kier alpha value is -3.65. The van der Waals surface area contributed by atoms with Gasteiger partial charge in [0.2, 0.25) is 0 Å². The number of aromatic nitrogens is 4. The minimum atomic E-state index is -0.446. The van der Waals surface area contributed by atoms with Crippen LogP contribution >= 0.6 is 0 Å². The van der Waals surface area contributed by atoms with E-state index in [0.29, 0.717) is 12.1 Å². The van der Waals surface area contributed by atoms with Gasteiger partial charge >= 0.3 is 0 Å². The fourth-order valence-corrected chi connectivity index (χ4v) is 3.22. The van der Waals surface area contributed by atoms with Gasteiger partial charge in [-0.25, -0.2) is 14.4 Å². The van der Waals surface area contributed by atoms with E-state index >= 15 is 0 Å². The van der Waals surface area contributed by atoms with Crippen LogP contribution in [0.4, 0.5) is 4.39 Å². The predicted molar refractivity (Wildman–Crippen MR) is 116 cm³/mol. The maximum Gasteiger partial charge on any atom is 0.270 e. The minimum absolute atomic E-state index is 0.0146. The molecule has 0 saturated heterocycles. The van der Waals surface area contributed by atoms with Gasteiger partial charge in [0.1, 0.15) is 17.3 Å². The third kappa shape index (κ3) is 5.49. The summed E-state index contributed by atoms with van der Waals surface area (Å²) in [6.45, 7) is 1.54. The third-order valence-corrected chi connectivity index (χ3v) is 4.83. The molecule has 0 saturated carbocycles. The first kappa shape index (κ1) is 20.6. The van der Waals surface area contributed by atoms with E-state index in [2.05, 4.69) is 30.6 Å². The Morgan fingerprint density at radius 2 is 1.84 bits per heavy atom. The smallest absolute Gasteiger partial charge is 0.270 e. The molecule has 7 nitrogen and oxygen atoms in total. The lowest BCUT2D eigenvalue weighted by Crippen LogP contribution is -2.25. The number of imidazole rings is 1. The van der Waals surface area contributed by atoms with Gasteiger partial charge in [0.05, 0.1) is 23.3 Å². The summed E-state index contributed by atoms with van der Waals surface area (Å²) < 4.78 is 13.6. The van der Waals surface area contributed by atoms with Crippen LogP contribution in [-0.2, 0) is 19.4 Å². The lowest BCUT2D eigenvalue weighted by molar-refractivity contribution is 0.0945. The first-order valence-electron chi connectivity index (χ1n) is 10.2. The highest BCUT2D eigenvalue weighted by Crippen LogP contribution is 2.10. The van der Waals surface area contributed by atoms with E-state index in [4.69, 9.17) is 0 Å². The number of hydrogen-bond acceptors (Lipinski definition) is 5. The van der Waals surface area contributed by atoms with Crippen molar-refractivity contribution in [1.82, 2.24) is 30.6 Å². The highest BCUT2D eigenvalue weighted by Gasteiger charge is 2.10. The van der Waals surface area contributed by atoms with E-state index in [1.54, 1.807) is 12.1 Å². The summed E-state index contributed by atoms with van der Waals surface area (Å²) in [5.41, 5.74) is 3.33. The number of aromatic amines is 1. The third-order valence-electron chi connectivity index (χ3n) is 4.83. The van der Waals surface area contributed by atoms with Crippen molar-refractivity contribution >= 4 is 16.9 Å². The molecule has 0 bridgehead atoms. The molecule has 0 spiro atoms. The number of nitrogens with one attached hydrogen (secondary N) is 3. The molecule has 3 heterocycles. The second-order valence-electron chi connectivity index (χ2n) is 7.08. The molecule has 0 aliphatic rings. The lowest BCUT2D eigenvalue weighted by Gasteiger charge is -2.07. The minimum Gasteiger partial charge on any atom is -0.345 e. The summed E-state index contributed by atoms with van der Waals surface area (Å²) in [6, 6.07) is 16.1. The number of carbonyl (C=O) groups is 1. The SMILES string of the molecule is O=C(NCc1ncccc1F)c1cccc(CCNCCc2nc3ccccc3[nH]2)n1. The number of amides is 1. The number of para-hydroxylation sites is 2. The summed E-state index contributed by atoms with van der Waals surface area (Å²) >= 11 is 0. The molecule has 0 fully saturated rings. The molecule has 0 atom stereocenters. The van der Waals surface area contributed by atoms with Gasteiger partial charge in [-0.05, 0) is 36.4 Å². The van der Waals surface area contributed by atoms with Crippen molar-refractivity contribution in [3.63, 3.8) is 0 Å². The number of hydrogen-bond donors (Lipinski definition) is 3. The van der Waals surface area contributed by atoms with E-state index in [1.165, 1.54) is 18.3 Å². The van der Waals surface area contributed by atoms with Crippen LogP contribution in [0.5, 0.6) is 0 Å². The van der Waals surface area contributed by atoms with Crippen LogP contribution in [0.2, 0.25) is 0 Å². The zero-order valence-corrected chi connectivity index (χ0v) is 16.9. The van der Waals surface area contributed by atoms with Crippen molar-refractivity contribution in [1.29, 1.82) is 0 Å². The van der Waals surface area contributed by atoms with Crippen LogP contribution in [0.25, 0.3) is 11.0 Å². The molecule has 1 amide bonds. The Kier molecular flexibility index (Phi) is 6.59. The molecule has 3 N–H and O–H groups in total. The van der Waals surface area contributed by atoms with Gasteiger partial charge in [-0.2, -0.15) is 0 Å². The molecular formula is C23H23FN6O. The summed E-state index contributed by atoms with van der Waals surface area (Å²) in [5.74, 6) is 0.151. The average Bonchev–Trinajstić information content (AvgIpc) is 3.21. The lowest BCUT2D eigenvalue weighted by atomic mass is 10.2. The topological polar surface area (TPSA) is 95.6 Å². The molecule has 3 aromatic heterocycles. The Bertz CT molecular complexity index is 1140. The second-order valence-corrected chi connectivity index (χ2v) is 7.08. The Balaban J connectivity index is 1.22. The van der Waals surface area contributed by atoms with Gasteiger partial charge in [0.25, 0.3) is 5.91 Å². The van der Waals surface area contributed by atoms with Crippen molar-refractivity contribution < 1.29 is 9.18 Å². The fraction of sp³-hybridized carbons (Fsp3) is 0.217. The summed E-state index contributed by atoms with van der Waals surface area (Å²) in [4.78, 5) is 28.6. The molecule has 0 aliphatic heterocycles. The van der Waals surface area contributed by atoms with E-state index < -0.39 is 5.82 Å². The van der Waals surface area contributed by atoms with E-state index in [1.807, 2.05) is 30.3 Å². The number of fused-ring (bicyclic) bond motifs is 1. The number of carbonyl (C=O) groups excluding carboxylic acids is 1. The maximum absolute atomic E-state index is 13.6. The van der Waals surface area contributed by atoms with Crippen LogP contribution in [0.15, 0.2) is 60.8 Å². The van der Waals surface area contributed by atoms with Crippen molar-refractivity contribution in [2.45, 2.75) is 19.4 Å². The van der Waals surface area contributed by atoms with Crippen LogP contribution in [0, 0.1) is 5.82 Å². The van der Waals surface area contributed by atoms with Crippen molar-refractivity contribution in [3.05, 3.63) is 89.5 Å². The zero-order valence-electron chi connectivity index (χ0n) is 16.9. The number of H-pyrrole nitrogens is 1. The molecule has 158 valence electrons. The molecule has 4 aromatic rings. The largest absolute Gasteiger partial charge is 0.345 e. The highest BCUT2D eigenvalue weighted by atomic mass is 19.1. The number of benzene rings is 1. The molecule has 0 radical (unpaired) electrons. The van der Waals surface area contributed by atoms with Gasteiger partial charge in [-0.15, -0.1) is 0 Å². The van der Waals surface area contributed by atoms with Crippen LogP contribution in [0.3, 0.4) is 0 Å². The quantitative estimate of drug-likeness (QED) is 0.363. The number of rotatable bonds is 9. The zero-order chi connectivity index (χ0) is 21.5. The van der Waals surface area contributed by atoms with Crippen molar-refractivity contribution in [2.24, 2.45) is 0 Å². The van der Waals surface area contributed by atoms with Gasteiger partial charge in [0, 0.05) is 37.8 Å². The number of pyridine rings is 2. The number of halogens is 1. The van der Waals surface area contributed by atoms with E-state index in [-0.39, 0.29) is 18.1 Å². The monoisotopic (exact) mass is 418 g/mol. The van der Waals surface area contributed by atoms with Gasteiger partial charge < -0.3 is 15.6 Å². The summed E-state index contributed by atoms with van der Waals surface area (Å²) in [6.07, 6.45) is 2.98. The molecule has 1 aromatic carbocycles. The molecular weight excluding hydrogens is 395 g/mol. The number of nitrogens with zero attached hydrogens (tertiary/aromatic N) is 3. The van der Waals surface area contributed by atoms with Crippen molar-refractivity contribution in [3.8, 4) is 0 Å². The fourth-order valence-electron chi connectivity index (χ4n) is 3.22. The van der Waals surface area contributed by atoms with Crippen LogP contribution in [-0.4, -0.2) is 38.9 Å². The summed E-state index contributed by atoms with van der Waals surface area (Å²) in [5, 5.41) is 6.04. The second kappa shape index (κ2) is 9.90. The van der Waals surface area contributed by atoms with Crippen molar-refractivity contribution in [2.75, 3.05) is 13.1 Å². The summed E-state index contributed by atoms with van der Waals surface area (Å²) in [7, 11) is 0. The van der Waals surface area contributed by atoms with Gasteiger partial charge in [-0.3, -0.25) is 9.78 Å². The molecule has 8 heteroatoms. The van der Waals surface area contributed by atoms with Crippen LogP contribution < -0.4 is 10.6 Å².